The number of carbonyl (C=O) groups is 1. The van der Waals surface area contributed by atoms with Crippen molar-refractivity contribution in [1.82, 2.24) is 5.32 Å². The number of benzene rings is 1. The molecule has 140 valence electrons. The minimum atomic E-state index is -3.16. The molecule has 1 aliphatic rings. The molecule has 0 aliphatic heterocycles. The molecule has 0 heterocycles. The van der Waals surface area contributed by atoms with E-state index in [1.54, 1.807) is 0 Å². The molecule has 1 fully saturated rings. The molecule has 1 aromatic rings. The van der Waals surface area contributed by atoms with Crippen LogP contribution in [0.5, 0.6) is 0 Å². The quantitative estimate of drug-likeness (QED) is 0.861. The molecule has 2 unspecified atom stereocenters. The number of hydrogen-bond donors (Lipinski definition) is 1. The topological polar surface area (TPSA) is 72.5 Å². The van der Waals surface area contributed by atoms with E-state index in [0.717, 1.165) is 24.8 Å². The smallest absolute Gasteiger partial charge is 0.407 e. The van der Waals surface area contributed by atoms with Crippen LogP contribution in [0.4, 0.5) is 4.79 Å². The molecule has 1 amide bonds. The lowest BCUT2D eigenvalue weighted by Gasteiger charge is -2.30. The predicted molar refractivity (Wildman–Crippen MR) is 99.0 cm³/mol. The Hall–Kier alpha value is -1.56. The highest BCUT2D eigenvalue weighted by atomic mass is 32.2. The Balaban J connectivity index is 1.87. The molecular weight excluding hydrogens is 338 g/mol. The Morgan fingerprint density at radius 2 is 1.88 bits per heavy atom. The first kappa shape index (κ1) is 19.8. The van der Waals surface area contributed by atoms with Gasteiger partial charge in [0.2, 0.25) is 0 Å². The standard InChI is InChI=1S/C19H29NO4S/c1-19(2,3)24-18(21)20-17-11-7-10-16(12-17)14-25(22,23)13-15-8-5-4-6-9-15/h4-6,8-9,16-17H,7,10-14H2,1-3H3,(H,20,21). The molecule has 0 saturated heterocycles. The van der Waals surface area contributed by atoms with Crippen molar-refractivity contribution in [1.29, 1.82) is 0 Å². The summed E-state index contributed by atoms with van der Waals surface area (Å²) < 4.78 is 30.2. The van der Waals surface area contributed by atoms with Gasteiger partial charge in [-0.15, -0.1) is 0 Å². The molecular formula is C19H29NO4S. The Kier molecular flexibility index (Phi) is 6.49. The van der Waals surface area contributed by atoms with Crippen molar-refractivity contribution in [3.05, 3.63) is 35.9 Å². The van der Waals surface area contributed by atoms with E-state index in [1.165, 1.54) is 0 Å². The summed E-state index contributed by atoms with van der Waals surface area (Å²) in [4.78, 5) is 11.9. The molecule has 1 aromatic carbocycles. The summed E-state index contributed by atoms with van der Waals surface area (Å²) in [5.41, 5.74) is 0.290. The van der Waals surface area contributed by atoms with Crippen LogP contribution in [0.2, 0.25) is 0 Å². The lowest BCUT2D eigenvalue weighted by Crippen LogP contribution is -2.42. The fourth-order valence-electron chi connectivity index (χ4n) is 3.29. The van der Waals surface area contributed by atoms with E-state index in [2.05, 4.69) is 5.32 Å². The maximum atomic E-state index is 12.5. The van der Waals surface area contributed by atoms with Gasteiger partial charge in [-0.25, -0.2) is 13.2 Å². The first-order chi connectivity index (χ1) is 11.6. The Bertz CT molecular complexity index is 664. The molecule has 1 saturated carbocycles. The summed E-state index contributed by atoms with van der Waals surface area (Å²) in [6.07, 6.45) is 2.94. The summed E-state index contributed by atoms with van der Waals surface area (Å²) in [7, 11) is -3.16. The highest BCUT2D eigenvalue weighted by molar-refractivity contribution is 7.90. The number of hydrogen-bond acceptors (Lipinski definition) is 4. The predicted octanol–water partition coefficient (Wildman–Crippen LogP) is 3.68. The van der Waals surface area contributed by atoms with Crippen molar-refractivity contribution in [3.8, 4) is 0 Å². The van der Waals surface area contributed by atoms with E-state index >= 15 is 0 Å². The average molecular weight is 368 g/mol. The number of nitrogens with one attached hydrogen (secondary N) is 1. The van der Waals surface area contributed by atoms with Crippen LogP contribution in [0, 0.1) is 5.92 Å². The molecule has 0 radical (unpaired) electrons. The van der Waals surface area contributed by atoms with Gasteiger partial charge < -0.3 is 10.1 Å². The van der Waals surface area contributed by atoms with Gasteiger partial charge in [0.1, 0.15) is 5.60 Å². The monoisotopic (exact) mass is 367 g/mol. The van der Waals surface area contributed by atoms with E-state index in [9.17, 15) is 13.2 Å². The van der Waals surface area contributed by atoms with Crippen LogP contribution in [0.1, 0.15) is 52.0 Å². The van der Waals surface area contributed by atoms with Crippen LogP contribution in [0.25, 0.3) is 0 Å². The molecule has 25 heavy (non-hydrogen) atoms. The summed E-state index contributed by atoms with van der Waals surface area (Å²) in [5, 5.41) is 2.88. The number of ether oxygens (including phenoxy) is 1. The average Bonchev–Trinajstić information content (AvgIpc) is 2.45. The summed E-state index contributed by atoms with van der Waals surface area (Å²) in [6, 6.07) is 9.25. The van der Waals surface area contributed by atoms with E-state index in [-0.39, 0.29) is 23.5 Å². The number of carbonyl (C=O) groups excluding carboxylic acids is 1. The van der Waals surface area contributed by atoms with Crippen molar-refractivity contribution in [3.63, 3.8) is 0 Å². The van der Waals surface area contributed by atoms with E-state index in [4.69, 9.17) is 4.74 Å². The Morgan fingerprint density at radius 3 is 2.52 bits per heavy atom. The number of rotatable bonds is 5. The van der Waals surface area contributed by atoms with Gasteiger partial charge in [-0.1, -0.05) is 36.8 Å². The molecule has 1 N–H and O–H groups in total. The van der Waals surface area contributed by atoms with Crippen molar-refractivity contribution < 1.29 is 17.9 Å². The third-order valence-corrected chi connectivity index (χ3v) is 5.98. The third-order valence-electron chi connectivity index (χ3n) is 4.22. The first-order valence-electron chi connectivity index (χ1n) is 8.87. The van der Waals surface area contributed by atoms with Gasteiger partial charge in [-0.3, -0.25) is 0 Å². The van der Waals surface area contributed by atoms with Gasteiger partial charge in [0, 0.05) is 6.04 Å². The van der Waals surface area contributed by atoms with Crippen LogP contribution in [-0.4, -0.2) is 31.9 Å². The zero-order chi connectivity index (χ0) is 18.5. The van der Waals surface area contributed by atoms with Crippen LogP contribution >= 0.6 is 0 Å². The fourth-order valence-corrected chi connectivity index (χ4v) is 5.13. The highest BCUT2D eigenvalue weighted by Gasteiger charge is 2.28. The van der Waals surface area contributed by atoms with Crippen LogP contribution in [0.15, 0.2) is 30.3 Å². The summed E-state index contributed by atoms with van der Waals surface area (Å²) >= 11 is 0. The van der Waals surface area contributed by atoms with Gasteiger partial charge in [0.05, 0.1) is 11.5 Å². The largest absolute Gasteiger partial charge is 0.444 e. The van der Waals surface area contributed by atoms with E-state index < -0.39 is 21.5 Å². The molecule has 2 atom stereocenters. The number of amides is 1. The molecule has 5 nitrogen and oxygen atoms in total. The zero-order valence-corrected chi connectivity index (χ0v) is 16.1. The van der Waals surface area contributed by atoms with Crippen molar-refractivity contribution >= 4 is 15.9 Å². The second-order valence-electron chi connectivity index (χ2n) is 7.92. The fraction of sp³-hybridized carbons (Fsp3) is 0.632. The third kappa shape index (κ3) is 7.46. The zero-order valence-electron chi connectivity index (χ0n) is 15.3. The van der Waals surface area contributed by atoms with Crippen molar-refractivity contribution in [2.45, 2.75) is 63.9 Å². The van der Waals surface area contributed by atoms with Crippen molar-refractivity contribution in [2.75, 3.05) is 5.75 Å². The second-order valence-corrected chi connectivity index (χ2v) is 10.0. The second kappa shape index (κ2) is 8.21. The first-order valence-corrected chi connectivity index (χ1v) is 10.7. The minimum Gasteiger partial charge on any atom is -0.444 e. The van der Waals surface area contributed by atoms with Gasteiger partial charge in [-0.2, -0.15) is 0 Å². The van der Waals surface area contributed by atoms with Gasteiger partial charge in [0.15, 0.2) is 9.84 Å². The molecule has 2 rings (SSSR count). The molecule has 6 heteroatoms. The summed E-state index contributed by atoms with van der Waals surface area (Å²) in [5.74, 6) is 0.338. The number of alkyl carbamates (subject to hydrolysis) is 1. The van der Waals surface area contributed by atoms with Crippen LogP contribution in [0.3, 0.4) is 0 Å². The minimum absolute atomic E-state index is 0.0134. The van der Waals surface area contributed by atoms with Crippen LogP contribution in [-0.2, 0) is 20.3 Å². The van der Waals surface area contributed by atoms with Gasteiger partial charge >= 0.3 is 6.09 Å². The number of sulfone groups is 1. The Morgan fingerprint density at radius 1 is 1.20 bits per heavy atom. The normalized spacial score (nSPS) is 21.6. The molecule has 0 spiro atoms. The SMILES string of the molecule is CC(C)(C)OC(=O)NC1CCCC(CS(=O)(=O)Cc2ccccc2)C1. The van der Waals surface area contributed by atoms with E-state index in [1.807, 2.05) is 51.1 Å². The van der Waals surface area contributed by atoms with Gasteiger partial charge in [-0.05, 0) is 51.5 Å². The van der Waals surface area contributed by atoms with Crippen LogP contribution < -0.4 is 5.32 Å². The van der Waals surface area contributed by atoms with Gasteiger partial charge in [0.25, 0.3) is 0 Å². The Labute approximate surface area is 151 Å². The maximum Gasteiger partial charge on any atom is 0.407 e. The summed E-state index contributed by atoms with van der Waals surface area (Å²) in [6.45, 7) is 5.48. The molecule has 1 aliphatic carbocycles. The van der Waals surface area contributed by atoms with E-state index in [0.29, 0.717) is 6.42 Å². The highest BCUT2D eigenvalue weighted by Crippen LogP contribution is 2.27. The maximum absolute atomic E-state index is 12.5. The molecule has 0 bridgehead atoms. The van der Waals surface area contributed by atoms with Crippen molar-refractivity contribution in [2.24, 2.45) is 5.92 Å². The lowest BCUT2D eigenvalue weighted by atomic mass is 9.87. The lowest BCUT2D eigenvalue weighted by molar-refractivity contribution is 0.0487. The molecule has 0 aromatic heterocycles.